The minimum Gasteiger partial charge on any atom is -0.501 e. The Kier molecular flexibility index (Phi) is 9.33. The second-order valence-corrected chi connectivity index (χ2v) is 3.23. The average Bonchev–Trinajstić information content (AvgIpc) is 2.17. The van der Waals surface area contributed by atoms with E-state index in [0.29, 0.717) is 12.5 Å². The third kappa shape index (κ3) is 9.07. The van der Waals surface area contributed by atoms with Gasteiger partial charge in [-0.1, -0.05) is 25.2 Å². The van der Waals surface area contributed by atoms with Gasteiger partial charge in [0.25, 0.3) is 0 Å². The Bertz CT molecular complexity index is 183. The SMILES string of the molecule is C=CCC=CC=COCC(C)CCO. The van der Waals surface area contributed by atoms with Crippen molar-refractivity contribution in [2.24, 2.45) is 5.92 Å². The summed E-state index contributed by atoms with van der Waals surface area (Å²) < 4.78 is 5.26. The van der Waals surface area contributed by atoms with Crippen molar-refractivity contribution in [3.05, 3.63) is 37.1 Å². The minimum atomic E-state index is 0.230. The Morgan fingerprint density at radius 2 is 2.21 bits per heavy atom. The highest BCUT2D eigenvalue weighted by Gasteiger charge is 1.98. The molecule has 1 unspecified atom stereocenters. The molecule has 0 rings (SSSR count). The van der Waals surface area contributed by atoms with Crippen LogP contribution < -0.4 is 0 Å². The molecular weight excluding hydrogens is 176 g/mol. The van der Waals surface area contributed by atoms with Gasteiger partial charge >= 0.3 is 0 Å². The van der Waals surface area contributed by atoms with E-state index in [-0.39, 0.29) is 6.61 Å². The summed E-state index contributed by atoms with van der Waals surface area (Å²) in [6, 6.07) is 0. The highest BCUT2D eigenvalue weighted by Crippen LogP contribution is 2.01. The summed E-state index contributed by atoms with van der Waals surface area (Å²) in [5.41, 5.74) is 0. The van der Waals surface area contributed by atoms with Crippen molar-refractivity contribution in [2.75, 3.05) is 13.2 Å². The van der Waals surface area contributed by atoms with Crippen LogP contribution in [0.25, 0.3) is 0 Å². The van der Waals surface area contributed by atoms with Crippen LogP contribution in [0.4, 0.5) is 0 Å². The maximum absolute atomic E-state index is 8.64. The van der Waals surface area contributed by atoms with Crippen molar-refractivity contribution >= 4 is 0 Å². The molecule has 1 atom stereocenters. The molecule has 0 spiro atoms. The summed E-state index contributed by atoms with van der Waals surface area (Å²) in [5, 5.41) is 8.64. The smallest absolute Gasteiger partial charge is 0.0899 e. The fraction of sp³-hybridized carbons (Fsp3) is 0.500. The van der Waals surface area contributed by atoms with Crippen molar-refractivity contribution in [3.63, 3.8) is 0 Å². The molecule has 2 heteroatoms. The molecule has 0 aliphatic rings. The standard InChI is InChI=1S/C12H20O2/c1-3-4-5-6-7-10-14-11-12(2)8-9-13/h3,5-7,10,12-13H,1,4,8-9,11H2,2H3. The summed E-state index contributed by atoms with van der Waals surface area (Å²) in [4.78, 5) is 0. The van der Waals surface area contributed by atoms with Crippen LogP contribution in [0.5, 0.6) is 0 Å². The maximum Gasteiger partial charge on any atom is 0.0899 e. The maximum atomic E-state index is 8.64. The molecule has 0 aromatic rings. The first kappa shape index (κ1) is 13.0. The molecule has 0 aliphatic carbocycles. The van der Waals surface area contributed by atoms with Gasteiger partial charge in [-0.3, -0.25) is 0 Å². The first-order valence-electron chi connectivity index (χ1n) is 4.96. The molecule has 0 saturated heterocycles. The molecule has 2 nitrogen and oxygen atoms in total. The molecule has 0 bridgehead atoms. The Morgan fingerprint density at radius 1 is 1.43 bits per heavy atom. The summed E-state index contributed by atoms with van der Waals surface area (Å²) in [6.45, 7) is 6.55. The monoisotopic (exact) mass is 196 g/mol. The van der Waals surface area contributed by atoms with Crippen LogP contribution in [-0.2, 0) is 4.74 Å². The van der Waals surface area contributed by atoms with E-state index in [1.807, 2.05) is 24.3 Å². The van der Waals surface area contributed by atoms with E-state index in [2.05, 4.69) is 13.5 Å². The van der Waals surface area contributed by atoms with Crippen LogP contribution in [0, 0.1) is 5.92 Å². The van der Waals surface area contributed by atoms with Gasteiger partial charge in [0.2, 0.25) is 0 Å². The Balaban J connectivity index is 3.38. The van der Waals surface area contributed by atoms with Gasteiger partial charge in [-0.25, -0.2) is 0 Å². The molecule has 0 saturated carbocycles. The van der Waals surface area contributed by atoms with E-state index in [1.54, 1.807) is 6.26 Å². The lowest BCUT2D eigenvalue weighted by molar-refractivity contribution is 0.173. The highest BCUT2D eigenvalue weighted by molar-refractivity contribution is 5.01. The van der Waals surface area contributed by atoms with E-state index >= 15 is 0 Å². The minimum absolute atomic E-state index is 0.230. The van der Waals surface area contributed by atoms with Gasteiger partial charge in [0.15, 0.2) is 0 Å². The van der Waals surface area contributed by atoms with Gasteiger partial charge in [0.1, 0.15) is 0 Å². The number of hydrogen-bond donors (Lipinski definition) is 1. The number of rotatable bonds is 8. The first-order valence-corrected chi connectivity index (χ1v) is 4.96. The van der Waals surface area contributed by atoms with Crippen LogP contribution in [0.1, 0.15) is 19.8 Å². The molecule has 14 heavy (non-hydrogen) atoms. The van der Waals surface area contributed by atoms with Crippen molar-refractivity contribution in [1.82, 2.24) is 0 Å². The highest BCUT2D eigenvalue weighted by atomic mass is 16.5. The Hall–Kier alpha value is -1.02. The summed E-state index contributed by atoms with van der Waals surface area (Å²) in [6.07, 6.45) is 11.0. The van der Waals surface area contributed by atoms with Crippen molar-refractivity contribution in [1.29, 1.82) is 0 Å². The lowest BCUT2D eigenvalue weighted by atomic mass is 10.1. The predicted octanol–water partition coefficient (Wildman–Crippen LogP) is 2.67. The van der Waals surface area contributed by atoms with Crippen molar-refractivity contribution in [2.45, 2.75) is 19.8 Å². The van der Waals surface area contributed by atoms with Gasteiger partial charge in [0, 0.05) is 6.61 Å². The van der Waals surface area contributed by atoms with Gasteiger partial charge in [-0.05, 0) is 24.8 Å². The molecule has 80 valence electrons. The lowest BCUT2D eigenvalue weighted by Gasteiger charge is -2.07. The molecule has 0 radical (unpaired) electrons. The number of hydrogen-bond acceptors (Lipinski definition) is 2. The van der Waals surface area contributed by atoms with Crippen LogP contribution in [-0.4, -0.2) is 18.3 Å². The molecule has 0 aromatic carbocycles. The summed E-state index contributed by atoms with van der Waals surface area (Å²) >= 11 is 0. The molecule has 0 heterocycles. The third-order valence-electron chi connectivity index (χ3n) is 1.73. The fourth-order valence-electron chi connectivity index (χ4n) is 0.878. The van der Waals surface area contributed by atoms with E-state index in [4.69, 9.17) is 9.84 Å². The largest absolute Gasteiger partial charge is 0.501 e. The zero-order chi connectivity index (χ0) is 10.6. The number of ether oxygens (including phenoxy) is 1. The van der Waals surface area contributed by atoms with E-state index in [0.717, 1.165) is 12.8 Å². The third-order valence-corrected chi connectivity index (χ3v) is 1.73. The van der Waals surface area contributed by atoms with E-state index < -0.39 is 0 Å². The lowest BCUT2D eigenvalue weighted by Crippen LogP contribution is -2.04. The Labute approximate surface area is 86.6 Å². The molecule has 0 amide bonds. The number of aliphatic hydroxyl groups is 1. The molecule has 0 aromatic heterocycles. The van der Waals surface area contributed by atoms with Crippen LogP contribution in [0.2, 0.25) is 0 Å². The van der Waals surface area contributed by atoms with E-state index in [1.165, 1.54) is 0 Å². The van der Waals surface area contributed by atoms with Crippen LogP contribution >= 0.6 is 0 Å². The molecule has 1 N–H and O–H groups in total. The quantitative estimate of drug-likeness (QED) is 0.367. The molecule has 0 fully saturated rings. The second kappa shape index (κ2) is 10.1. The topological polar surface area (TPSA) is 29.5 Å². The predicted molar refractivity (Wildman–Crippen MR) is 59.9 cm³/mol. The van der Waals surface area contributed by atoms with Gasteiger partial charge in [-0.2, -0.15) is 0 Å². The number of aliphatic hydroxyl groups excluding tert-OH is 1. The normalized spacial score (nSPS) is 13.6. The first-order chi connectivity index (χ1) is 6.81. The zero-order valence-corrected chi connectivity index (χ0v) is 8.86. The average molecular weight is 196 g/mol. The summed E-state index contributed by atoms with van der Waals surface area (Å²) in [7, 11) is 0. The zero-order valence-electron chi connectivity index (χ0n) is 8.86. The van der Waals surface area contributed by atoms with Crippen LogP contribution in [0.3, 0.4) is 0 Å². The summed E-state index contributed by atoms with van der Waals surface area (Å²) in [5.74, 6) is 0.404. The van der Waals surface area contributed by atoms with E-state index in [9.17, 15) is 0 Å². The van der Waals surface area contributed by atoms with Crippen molar-refractivity contribution < 1.29 is 9.84 Å². The second-order valence-electron chi connectivity index (χ2n) is 3.23. The molecular formula is C12H20O2. The van der Waals surface area contributed by atoms with Gasteiger partial charge in [-0.15, -0.1) is 6.58 Å². The Morgan fingerprint density at radius 3 is 2.86 bits per heavy atom. The number of allylic oxidation sites excluding steroid dienone is 4. The van der Waals surface area contributed by atoms with Gasteiger partial charge in [0.05, 0.1) is 12.9 Å². The molecule has 0 aliphatic heterocycles. The van der Waals surface area contributed by atoms with Crippen molar-refractivity contribution in [3.8, 4) is 0 Å². The fourth-order valence-corrected chi connectivity index (χ4v) is 0.878. The van der Waals surface area contributed by atoms with Crippen LogP contribution in [0.15, 0.2) is 37.1 Å². The van der Waals surface area contributed by atoms with Gasteiger partial charge < -0.3 is 9.84 Å².